The first-order valence-corrected chi connectivity index (χ1v) is 10.8. The molecule has 2 heterocycles. The van der Waals surface area contributed by atoms with Gasteiger partial charge in [-0.3, -0.25) is 9.89 Å². The third-order valence-electron chi connectivity index (χ3n) is 5.54. The summed E-state index contributed by atoms with van der Waals surface area (Å²) < 4.78 is 5.88. The average Bonchev–Trinajstić information content (AvgIpc) is 3.29. The number of carbonyl (C=O) groups is 1. The van der Waals surface area contributed by atoms with Crippen molar-refractivity contribution >= 4 is 5.91 Å². The van der Waals surface area contributed by atoms with Gasteiger partial charge in [0.1, 0.15) is 11.4 Å². The van der Waals surface area contributed by atoms with Crippen LogP contribution in [0.2, 0.25) is 0 Å². The highest BCUT2D eigenvalue weighted by Gasteiger charge is 2.41. The SMILES string of the molecule is CCCN1C(=O)c2[nH]nc(-c3ccccc3)c2C1c1ccc(OCCC(C)C)cc1. The second-order valence-electron chi connectivity index (χ2n) is 8.23. The second kappa shape index (κ2) is 8.74. The molecule has 2 aromatic carbocycles. The van der Waals surface area contributed by atoms with E-state index in [0.717, 1.165) is 41.0 Å². The smallest absolute Gasteiger partial charge is 0.273 e. The zero-order valence-electron chi connectivity index (χ0n) is 17.9. The Hall–Kier alpha value is -3.08. The fourth-order valence-corrected chi connectivity index (χ4v) is 3.99. The summed E-state index contributed by atoms with van der Waals surface area (Å²) in [6.45, 7) is 7.90. The maximum Gasteiger partial charge on any atom is 0.273 e. The molecule has 3 aromatic rings. The highest BCUT2D eigenvalue weighted by Crippen LogP contribution is 2.43. The third kappa shape index (κ3) is 3.84. The van der Waals surface area contributed by atoms with Crippen molar-refractivity contribution < 1.29 is 9.53 Å². The van der Waals surface area contributed by atoms with Crippen LogP contribution < -0.4 is 4.74 Å². The molecule has 0 saturated carbocycles. The van der Waals surface area contributed by atoms with Crippen LogP contribution in [0.4, 0.5) is 0 Å². The lowest BCUT2D eigenvalue weighted by Gasteiger charge is -2.26. The van der Waals surface area contributed by atoms with Gasteiger partial charge in [-0.2, -0.15) is 5.10 Å². The first-order chi connectivity index (χ1) is 14.6. The summed E-state index contributed by atoms with van der Waals surface area (Å²) in [7, 11) is 0. The number of ether oxygens (including phenoxy) is 1. The third-order valence-corrected chi connectivity index (χ3v) is 5.54. The maximum absolute atomic E-state index is 13.1. The highest BCUT2D eigenvalue weighted by molar-refractivity contribution is 6.00. The number of carbonyl (C=O) groups excluding carboxylic acids is 1. The molecule has 4 rings (SSSR count). The Balaban J connectivity index is 1.68. The predicted molar refractivity (Wildman–Crippen MR) is 119 cm³/mol. The number of aromatic amines is 1. The van der Waals surface area contributed by atoms with Crippen molar-refractivity contribution in [1.29, 1.82) is 0 Å². The van der Waals surface area contributed by atoms with E-state index >= 15 is 0 Å². The minimum absolute atomic E-state index is 0.0174. The summed E-state index contributed by atoms with van der Waals surface area (Å²) in [4.78, 5) is 15.1. The lowest BCUT2D eigenvalue weighted by atomic mass is 9.96. The molecular formula is C25H29N3O2. The van der Waals surface area contributed by atoms with Crippen molar-refractivity contribution in [3.8, 4) is 17.0 Å². The van der Waals surface area contributed by atoms with Gasteiger partial charge in [0.2, 0.25) is 0 Å². The fraction of sp³-hybridized carbons (Fsp3) is 0.360. The molecule has 1 aliphatic rings. The molecular weight excluding hydrogens is 374 g/mol. The minimum atomic E-state index is -0.147. The van der Waals surface area contributed by atoms with Gasteiger partial charge in [-0.1, -0.05) is 63.2 Å². The molecule has 30 heavy (non-hydrogen) atoms. The number of fused-ring (bicyclic) bond motifs is 1. The van der Waals surface area contributed by atoms with E-state index in [9.17, 15) is 4.79 Å². The van der Waals surface area contributed by atoms with Crippen molar-refractivity contribution in [3.05, 3.63) is 71.4 Å². The number of nitrogens with zero attached hydrogens (tertiary/aromatic N) is 2. The fourth-order valence-electron chi connectivity index (χ4n) is 3.99. The number of hydrogen-bond acceptors (Lipinski definition) is 3. The summed E-state index contributed by atoms with van der Waals surface area (Å²) in [6.07, 6.45) is 1.93. The molecule has 1 N–H and O–H groups in total. The van der Waals surface area contributed by atoms with Crippen molar-refractivity contribution in [2.24, 2.45) is 5.92 Å². The van der Waals surface area contributed by atoms with Crippen molar-refractivity contribution in [2.45, 2.75) is 39.7 Å². The Morgan fingerprint density at radius 2 is 1.83 bits per heavy atom. The standard InChI is InChI=1S/C25H29N3O2/c1-4-15-28-24(19-10-12-20(13-11-19)30-16-14-17(2)3)21-22(18-8-6-5-7-9-18)26-27-23(21)25(28)29/h5-13,17,24H,4,14-16H2,1-3H3,(H,26,27). The van der Waals surface area contributed by atoms with Crippen LogP contribution >= 0.6 is 0 Å². The first kappa shape index (κ1) is 20.2. The van der Waals surface area contributed by atoms with Gasteiger partial charge in [0.05, 0.1) is 18.3 Å². The maximum atomic E-state index is 13.1. The highest BCUT2D eigenvalue weighted by atomic mass is 16.5. The summed E-state index contributed by atoms with van der Waals surface area (Å²) >= 11 is 0. The Morgan fingerprint density at radius 3 is 2.50 bits per heavy atom. The molecule has 1 amide bonds. The largest absolute Gasteiger partial charge is 0.494 e. The Labute approximate surface area is 178 Å². The van der Waals surface area contributed by atoms with Gasteiger partial charge >= 0.3 is 0 Å². The Kier molecular flexibility index (Phi) is 5.88. The summed E-state index contributed by atoms with van der Waals surface area (Å²) in [6, 6.07) is 18.1. The van der Waals surface area contributed by atoms with E-state index in [1.54, 1.807) is 0 Å². The van der Waals surface area contributed by atoms with Crippen LogP contribution in [-0.2, 0) is 0 Å². The monoisotopic (exact) mass is 403 g/mol. The lowest BCUT2D eigenvalue weighted by molar-refractivity contribution is 0.0744. The van der Waals surface area contributed by atoms with Gasteiger partial charge < -0.3 is 9.64 Å². The summed E-state index contributed by atoms with van der Waals surface area (Å²) in [5.41, 5.74) is 4.50. The van der Waals surface area contributed by atoms with E-state index < -0.39 is 0 Å². The number of rotatable bonds is 8. The first-order valence-electron chi connectivity index (χ1n) is 10.8. The van der Waals surface area contributed by atoms with Crippen LogP contribution in [0.15, 0.2) is 54.6 Å². The van der Waals surface area contributed by atoms with Gasteiger partial charge in [-0.25, -0.2) is 0 Å². The van der Waals surface area contributed by atoms with Gasteiger partial charge in [0, 0.05) is 17.7 Å². The lowest BCUT2D eigenvalue weighted by Crippen LogP contribution is -2.30. The molecule has 5 nitrogen and oxygen atoms in total. The van der Waals surface area contributed by atoms with Gasteiger partial charge in [-0.05, 0) is 36.5 Å². The van der Waals surface area contributed by atoms with E-state index in [1.165, 1.54) is 0 Å². The number of H-pyrrole nitrogens is 1. The number of benzene rings is 2. The number of aromatic nitrogens is 2. The zero-order valence-corrected chi connectivity index (χ0v) is 17.9. The normalized spacial score (nSPS) is 15.7. The van der Waals surface area contributed by atoms with Gasteiger partial charge in [-0.15, -0.1) is 0 Å². The van der Waals surface area contributed by atoms with Crippen molar-refractivity contribution in [3.63, 3.8) is 0 Å². The second-order valence-corrected chi connectivity index (χ2v) is 8.23. The molecule has 0 fully saturated rings. The quantitative estimate of drug-likeness (QED) is 0.543. The molecule has 1 aliphatic heterocycles. The minimum Gasteiger partial charge on any atom is -0.494 e. The van der Waals surface area contributed by atoms with E-state index in [-0.39, 0.29) is 11.9 Å². The number of amides is 1. The van der Waals surface area contributed by atoms with E-state index in [4.69, 9.17) is 4.74 Å². The molecule has 0 radical (unpaired) electrons. The predicted octanol–water partition coefficient (Wildman–Crippen LogP) is 5.46. The van der Waals surface area contributed by atoms with Crippen molar-refractivity contribution in [2.75, 3.05) is 13.2 Å². The summed E-state index contributed by atoms with van der Waals surface area (Å²) in [5, 5.41) is 7.51. The molecule has 5 heteroatoms. The molecule has 0 saturated heterocycles. The van der Waals surface area contributed by atoms with Gasteiger partial charge in [0.25, 0.3) is 5.91 Å². The van der Waals surface area contributed by atoms with Crippen LogP contribution in [0.5, 0.6) is 5.75 Å². The van der Waals surface area contributed by atoms with E-state index in [2.05, 4.69) is 43.1 Å². The molecule has 0 aliphatic carbocycles. The van der Waals surface area contributed by atoms with Crippen LogP contribution in [0.25, 0.3) is 11.3 Å². The average molecular weight is 404 g/mol. The topological polar surface area (TPSA) is 58.2 Å². The van der Waals surface area contributed by atoms with E-state index in [1.807, 2.05) is 47.4 Å². The molecule has 1 aromatic heterocycles. The van der Waals surface area contributed by atoms with Gasteiger partial charge in [0.15, 0.2) is 0 Å². The summed E-state index contributed by atoms with van der Waals surface area (Å²) in [5.74, 6) is 1.50. The Bertz CT molecular complexity index is 993. The number of hydrogen-bond donors (Lipinski definition) is 1. The zero-order chi connectivity index (χ0) is 21.1. The molecule has 1 unspecified atom stereocenters. The van der Waals surface area contributed by atoms with Crippen LogP contribution in [0.3, 0.4) is 0 Å². The van der Waals surface area contributed by atoms with Crippen LogP contribution in [-0.4, -0.2) is 34.2 Å². The molecule has 156 valence electrons. The van der Waals surface area contributed by atoms with Crippen molar-refractivity contribution in [1.82, 2.24) is 15.1 Å². The molecule has 0 bridgehead atoms. The van der Waals surface area contributed by atoms with Crippen LogP contribution in [0.1, 0.15) is 61.3 Å². The van der Waals surface area contributed by atoms with E-state index in [0.29, 0.717) is 24.8 Å². The molecule has 0 spiro atoms. The van der Waals surface area contributed by atoms with Crippen LogP contribution in [0, 0.1) is 5.92 Å². The molecule has 1 atom stereocenters. The Morgan fingerprint density at radius 1 is 1.10 bits per heavy atom. The number of nitrogens with one attached hydrogen (secondary N) is 1.